The lowest BCUT2D eigenvalue weighted by atomic mass is 10.1. The predicted octanol–water partition coefficient (Wildman–Crippen LogP) is 2.24. The van der Waals surface area contributed by atoms with Crippen LogP contribution in [-0.4, -0.2) is 51.8 Å². The first-order valence-corrected chi connectivity index (χ1v) is 9.89. The number of halogens is 4. The molecule has 1 heterocycles. The van der Waals surface area contributed by atoms with Crippen LogP contribution in [0.5, 0.6) is 0 Å². The second-order valence-corrected chi connectivity index (χ2v) is 8.32. The number of rotatable bonds is 6. The Morgan fingerprint density at radius 2 is 1.89 bits per heavy atom. The Morgan fingerprint density at radius 3 is 2.41 bits per heavy atom. The first kappa shape index (κ1) is 24.0. The highest BCUT2D eigenvalue weighted by Gasteiger charge is 2.28. The molecular formula is C16H23F3IN3O3S. The molecule has 0 radical (unpaired) electrons. The minimum absolute atomic E-state index is 0. The maximum absolute atomic E-state index is 12.0. The molecule has 1 fully saturated rings. The van der Waals surface area contributed by atoms with Gasteiger partial charge in [-0.15, -0.1) is 24.0 Å². The lowest BCUT2D eigenvalue weighted by Crippen LogP contribution is -2.43. The summed E-state index contributed by atoms with van der Waals surface area (Å²) in [6.45, 7) is -0.926. The quantitative estimate of drug-likeness (QED) is 0.341. The number of hydrogen-bond acceptors (Lipinski definition) is 4. The molecule has 2 N–H and O–H groups in total. The molecule has 154 valence electrons. The Morgan fingerprint density at radius 1 is 1.26 bits per heavy atom. The minimum atomic E-state index is -4.33. The van der Waals surface area contributed by atoms with Crippen molar-refractivity contribution in [3.63, 3.8) is 0 Å². The molecule has 0 bridgehead atoms. The van der Waals surface area contributed by atoms with Crippen LogP contribution in [0.4, 0.5) is 13.2 Å². The number of aliphatic imine (C=N–C) groups is 1. The van der Waals surface area contributed by atoms with Crippen LogP contribution < -0.4 is 10.6 Å². The van der Waals surface area contributed by atoms with Crippen LogP contribution in [0.3, 0.4) is 0 Å². The highest BCUT2D eigenvalue weighted by atomic mass is 127. The zero-order valence-electron chi connectivity index (χ0n) is 14.8. The third-order valence-electron chi connectivity index (χ3n) is 3.81. The summed E-state index contributed by atoms with van der Waals surface area (Å²) < 4.78 is 63.7. The average Bonchev–Trinajstić information content (AvgIpc) is 2.90. The molecule has 1 aromatic rings. The van der Waals surface area contributed by atoms with Gasteiger partial charge in [0.1, 0.15) is 6.61 Å². The molecule has 0 spiro atoms. The van der Waals surface area contributed by atoms with E-state index < -0.39 is 22.6 Å². The monoisotopic (exact) mass is 521 g/mol. The Kier molecular flexibility index (Phi) is 9.28. The van der Waals surface area contributed by atoms with Gasteiger partial charge in [-0.25, -0.2) is 8.42 Å². The van der Waals surface area contributed by atoms with E-state index in [2.05, 4.69) is 20.4 Å². The Bertz CT molecular complexity index is 725. The van der Waals surface area contributed by atoms with E-state index in [-0.39, 0.29) is 48.1 Å². The van der Waals surface area contributed by atoms with E-state index in [0.717, 1.165) is 5.56 Å². The van der Waals surface area contributed by atoms with Crippen molar-refractivity contribution in [1.29, 1.82) is 0 Å². The molecule has 1 atom stereocenters. The van der Waals surface area contributed by atoms with Gasteiger partial charge in [-0.2, -0.15) is 13.2 Å². The summed E-state index contributed by atoms with van der Waals surface area (Å²) in [5.74, 6) is 0.782. The van der Waals surface area contributed by atoms with Crippen LogP contribution in [0, 0.1) is 0 Å². The van der Waals surface area contributed by atoms with Crippen molar-refractivity contribution in [2.75, 3.05) is 25.2 Å². The normalized spacial score (nSPS) is 19.4. The maximum atomic E-state index is 12.0. The van der Waals surface area contributed by atoms with Crippen molar-refractivity contribution in [3.05, 3.63) is 35.4 Å². The van der Waals surface area contributed by atoms with Crippen LogP contribution in [0.25, 0.3) is 0 Å². The smallest absolute Gasteiger partial charge is 0.367 e. The Balaban J connectivity index is 0.00000364. The van der Waals surface area contributed by atoms with Crippen LogP contribution >= 0.6 is 24.0 Å². The fourth-order valence-corrected chi connectivity index (χ4v) is 4.19. The minimum Gasteiger partial charge on any atom is -0.367 e. The summed E-state index contributed by atoms with van der Waals surface area (Å²) in [4.78, 5) is 4.07. The number of benzene rings is 1. The van der Waals surface area contributed by atoms with Gasteiger partial charge in [-0.05, 0) is 17.5 Å². The number of alkyl halides is 3. The largest absolute Gasteiger partial charge is 0.411 e. The topological polar surface area (TPSA) is 79.8 Å². The summed E-state index contributed by atoms with van der Waals surface area (Å²) in [7, 11) is -1.37. The highest BCUT2D eigenvalue weighted by molar-refractivity contribution is 14.0. The zero-order valence-corrected chi connectivity index (χ0v) is 17.9. The van der Waals surface area contributed by atoms with E-state index in [9.17, 15) is 21.6 Å². The SMILES string of the molecule is CN=C(NCc1ccc(COCC(F)(F)F)cc1)NC1CCS(=O)(=O)C1.I. The molecule has 0 aliphatic carbocycles. The summed E-state index contributed by atoms with van der Waals surface area (Å²) in [6, 6.07) is 6.82. The van der Waals surface area contributed by atoms with Crippen LogP contribution in [0.2, 0.25) is 0 Å². The van der Waals surface area contributed by atoms with Gasteiger partial charge < -0.3 is 15.4 Å². The molecule has 27 heavy (non-hydrogen) atoms. The molecule has 1 aromatic carbocycles. The number of nitrogens with zero attached hydrogens (tertiary/aromatic N) is 1. The third kappa shape index (κ3) is 9.10. The van der Waals surface area contributed by atoms with Crippen LogP contribution in [0.1, 0.15) is 17.5 Å². The molecule has 6 nitrogen and oxygen atoms in total. The number of guanidine groups is 1. The van der Waals surface area contributed by atoms with Gasteiger partial charge in [0, 0.05) is 19.6 Å². The van der Waals surface area contributed by atoms with Crippen molar-refractivity contribution in [2.24, 2.45) is 4.99 Å². The molecule has 1 unspecified atom stereocenters. The van der Waals surface area contributed by atoms with Gasteiger partial charge in [-0.3, -0.25) is 4.99 Å². The van der Waals surface area contributed by atoms with Crippen molar-refractivity contribution in [2.45, 2.75) is 31.8 Å². The lowest BCUT2D eigenvalue weighted by molar-refractivity contribution is -0.176. The molecule has 2 rings (SSSR count). The fraction of sp³-hybridized carbons (Fsp3) is 0.562. The Hall–Kier alpha value is -1.08. The first-order chi connectivity index (χ1) is 12.2. The van der Waals surface area contributed by atoms with Gasteiger partial charge in [0.05, 0.1) is 18.1 Å². The predicted molar refractivity (Wildman–Crippen MR) is 108 cm³/mol. The van der Waals surface area contributed by atoms with Gasteiger partial charge in [0.2, 0.25) is 0 Å². The van der Waals surface area contributed by atoms with E-state index in [0.29, 0.717) is 24.5 Å². The molecule has 0 saturated carbocycles. The van der Waals surface area contributed by atoms with E-state index >= 15 is 0 Å². The maximum Gasteiger partial charge on any atom is 0.411 e. The van der Waals surface area contributed by atoms with E-state index in [1.807, 2.05) is 0 Å². The zero-order chi connectivity index (χ0) is 19.2. The number of nitrogens with one attached hydrogen (secondary N) is 2. The second-order valence-electron chi connectivity index (χ2n) is 6.09. The van der Waals surface area contributed by atoms with Crippen LogP contribution in [-0.2, 0) is 27.7 Å². The molecule has 11 heteroatoms. The summed E-state index contributed by atoms with van der Waals surface area (Å²) >= 11 is 0. The lowest BCUT2D eigenvalue weighted by Gasteiger charge is -2.16. The molecule has 1 aliphatic rings. The van der Waals surface area contributed by atoms with E-state index in [4.69, 9.17) is 0 Å². The van der Waals surface area contributed by atoms with Gasteiger partial charge in [0.15, 0.2) is 15.8 Å². The number of hydrogen-bond donors (Lipinski definition) is 2. The summed E-state index contributed by atoms with van der Waals surface area (Å²) in [5, 5.41) is 6.16. The standard InChI is InChI=1S/C16H22F3N3O3S.HI/c1-20-15(22-14-6-7-26(23,24)10-14)21-8-12-2-4-13(5-3-12)9-25-11-16(17,18)19;/h2-5,14H,6-11H2,1H3,(H2,20,21,22);1H. The Labute approximate surface area is 173 Å². The first-order valence-electron chi connectivity index (χ1n) is 8.07. The van der Waals surface area contributed by atoms with Crippen molar-refractivity contribution in [3.8, 4) is 0 Å². The van der Waals surface area contributed by atoms with Crippen molar-refractivity contribution >= 4 is 39.8 Å². The highest BCUT2D eigenvalue weighted by Crippen LogP contribution is 2.16. The third-order valence-corrected chi connectivity index (χ3v) is 5.58. The molecule has 0 amide bonds. The molecule has 1 aliphatic heterocycles. The van der Waals surface area contributed by atoms with Gasteiger partial charge in [-0.1, -0.05) is 24.3 Å². The molecular weight excluding hydrogens is 498 g/mol. The van der Waals surface area contributed by atoms with Gasteiger partial charge in [0.25, 0.3) is 0 Å². The summed E-state index contributed by atoms with van der Waals surface area (Å²) in [6.07, 6.45) is -3.78. The second kappa shape index (κ2) is 10.5. The summed E-state index contributed by atoms with van der Waals surface area (Å²) in [5.41, 5.74) is 1.56. The van der Waals surface area contributed by atoms with Gasteiger partial charge >= 0.3 is 6.18 Å². The van der Waals surface area contributed by atoms with E-state index in [1.165, 1.54) is 0 Å². The van der Waals surface area contributed by atoms with E-state index in [1.54, 1.807) is 31.3 Å². The van der Waals surface area contributed by atoms with Crippen molar-refractivity contribution < 1.29 is 26.3 Å². The molecule has 1 saturated heterocycles. The molecule has 0 aromatic heterocycles. The number of ether oxygens (including phenoxy) is 1. The fourth-order valence-electron chi connectivity index (χ4n) is 2.52. The van der Waals surface area contributed by atoms with Crippen molar-refractivity contribution in [1.82, 2.24) is 10.6 Å². The van der Waals surface area contributed by atoms with Crippen LogP contribution in [0.15, 0.2) is 29.3 Å². The average molecular weight is 521 g/mol. The number of sulfone groups is 1.